The van der Waals surface area contributed by atoms with Crippen LogP contribution >= 0.6 is 0 Å². The van der Waals surface area contributed by atoms with Gasteiger partial charge in [-0.05, 0) is 54.5 Å². The lowest BCUT2D eigenvalue weighted by atomic mass is 9.87. The van der Waals surface area contributed by atoms with Crippen LogP contribution in [0.25, 0.3) is 0 Å². The van der Waals surface area contributed by atoms with E-state index in [1.807, 2.05) is 48.5 Å². The third-order valence-electron chi connectivity index (χ3n) is 6.41. The van der Waals surface area contributed by atoms with Crippen molar-refractivity contribution >= 4 is 15.9 Å². The first-order valence-electron chi connectivity index (χ1n) is 11.8. The van der Waals surface area contributed by atoms with Gasteiger partial charge in [0.2, 0.25) is 15.9 Å². The summed E-state index contributed by atoms with van der Waals surface area (Å²) in [4.78, 5) is 13.5. The largest absolute Gasteiger partial charge is 0.486 e. The molecule has 0 unspecified atom stereocenters. The first kappa shape index (κ1) is 23.4. The van der Waals surface area contributed by atoms with Crippen LogP contribution < -0.4 is 19.5 Å². The van der Waals surface area contributed by atoms with Crippen LogP contribution in [0.4, 0.5) is 0 Å². The Morgan fingerprint density at radius 1 is 0.943 bits per heavy atom. The van der Waals surface area contributed by atoms with Crippen molar-refractivity contribution in [3.8, 4) is 11.5 Å². The van der Waals surface area contributed by atoms with Gasteiger partial charge in [0, 0.05) is 6.07 Å². The summed E-state index contributed by atoms with van der Waals surface area (Å²) in [5.74, 6) is 0.531. The van der Waals surface area contributed by atoms with Gasteiger partial charge in [0.05, 0.1) is 10.9 Å². The van der Waals surface area contributed by atoms with Crippen molar-refractivity contribution in [2.75, 3.05) is 13.2 Å². The van der Waals surface area contributed by atoms with E-state index in [9.17, 15) is 13.2 Å². The van der Waals surface area contributed by atoms with E-state index in [0.29, 0.717) is 24.7 Å². The highest BCUT2D eigenvalue weighted by atomic mass is 32.2. The smallest absolute Gasteiger partial charge is 0.241 e. The number of hydrogen-bond acceptors (Lipinski definition) is 5. The van der Waals surface area contributed by atoms with Crippen molar-refractivity contribution in [3.63, 3.8) is 0 Å². The molecular weight excluding hydrogens is 464 g/mol. The van der Waals surface area contributed by atoms with E-state index in [4.69, 9.17) is 9.47 Å². The minimum Gasteiger partial charge on any atom is -0.486 e. The van der Waals surface area contributed by atoms with Gasteiger partial charge in [0.15, 0.2) is 11.5 Å². The number of aryl methyl sites for hydroxylation is 1. The Labute approximate surface area is 205 Å². The van der Waals surface area contributed by atoms with Crippen molar-refractivity contribution in [1.29, 1.82) is 0 Å². The van der Waals surface area contributed by atoms with Crippen molar-refractivity contribution in [3.05, 3.63) is 89.5 Å². The molecular formula is C27H28N2O5S. The molecule has 1 amide bonds. The second-order valence-corrected chi connectivity index (χ2v) is 10.5. The Kier molecular flexibility index (Phi) is 6.74. The summed E-state index contributed by atoms with van der Waals surface area (Å²) in [5, 5.41) is 3.11. The summed E-state index contributed by atoms with van der Waals surface area (Å²) in [5.41, 5.74) is 3.18. The number of benzene rings is 3. The minimum atomic E-state index is -4.01. The summed E-state index contributed by atoms with van der Waals surface area (Å²) >= 11 is 0. The van der Waals surface area contributed by atoms with Crippen molar-refractivity contribution in [2.24, 2.45) is 0 Å². The molecule has 0 radical (unpaired) electrons. The maximum Gasteiger partial charge on any atom is 0.241 e. The molecule has 2 N–H and O–H groups in total. The first-order valence-corrected chi connectivity index (χ1v) is 13.3. The second-order valence-electron chi connectivity index (χ2n) is 8.82. The zero-order chi connectivity index (χ0) is 24.3. The van der Waals surface area contributed by atoms with Gasteiger partial charge in [-0.25, -0.2) is 8.42 Å². The Balaban J connectivity index is 1.40. The fourth-order valence-electron chi connectivity index (χ4n) is 4.66. The van der Waals surface area contributed by atoms with Gasteiger partial charge in [-0.2, -0.15) is 4.72 Å². The van der Waals surface area contributed by atoms with E-state index >= 15 is 0 Å². The molecule has 1 aliphatic heterocycles. The molecule has 5 rings (SSSR count). The Morgan fingerprint density at radius 3 is 2.51 bits per heavy atom. The van der Waals surface area contributed by atoms with Gasteiger partial charge >= 0.3 is 0 Å². The van der Waals surface area contributed by atoms with Gasteiger partial charge < -0.3 is 14.8 Å². The normalized spacial score (nSPS) is 17.8. The SMILES string of the molecule is O=C(N[C@H]1CCCc2ccccc21)[C@@H](Cc1ccccc1)NS(=O)(=O)c1ccc2c(c1)OCCO2. The van der Waals surface area contributed by atoms with Crippen LogP contribution in [0.5, 0.6) is 11.5 Å². The number of rotatable bonds is 7. The van der Waals surface area contributed by atoms with Crippen molar-refractivity contribution in [1.82, 2.24) is 10.0 Å². The van der Waals surface area contributed by atoms with Crippen LogP contribution in [0.15, 0.2) is 77.7 Å². The Hall–Kier alpha value is -3.36. The second kappa shape index (κ2) is 10.1. The number of ether oxygens (including phenoxy) is 2. The van der Waals surface area contributed by atoms with Crippen LogP contribution in [0.1, 0.15) is 35.6 Å². The van der Waals surface area contributed by atoms with Gasteiger partial charge in [0.25, 0.3) is 0 Å². The summed E-state index contributed by atoms with van der Waals surface area (Å²) in [7, 11) is -4.01. The highest BCUT2D eigenvalue weighted by Gasteiger charge is 2.30. The number of amides is 1. The van der Waals surface area contributed by atoms with E-state index in [-0.39, 0.29) is 23.3 Å². The highest BCUT2D eigenvalue weighted by Crippen LogP contribution is 2.32. The molecule has 7 nitrogen and oxygen atoms in total. The van der Waals surface area contributed by atoms with Crippen LogP contribution in [0.2, 0.25) is 0 Å². The van der Waals surface area contributed by atoms with E-state index < -0.39 is 16.1 Å². The number of fused-ring (bicyclic) bond motifs is 2. The predicted molar refractivity (Wildman–Crippen MR) is 132 cm³/mol. The molecule has 1 aliphatic carbocycles. The molecule has 2 atom stereocenters. The molecule has 3 aromatic carbocycles. The highest BCUT2D eigenvalue weighted by molar-refractivity contribution is 7.89. The van der Waals surface area contributed by atoms with E-state index in [0.717, 1.165) is 30.4 Å². The summed E-state index contributed by atoms with van der Waals surface area (Å²) in [6.45, 7) is 0.771. The standard InChI is InChI=1S/C27H28N2O5S/c30-27(28-23-12-6-10-20-9-4-5-11-22(20)23)24(17-19-7-2-1-3-8-19)29-35(31,32)21-13-14-25-26(18-21)34-16-15-33-25/h1-5,7-9,11,13-14,18,23-24,29H,6,10,12,15-17H2,(H,28,30)/t23-,24+/m0/s1. The quantitative estimate of drug-likeness (QED) is 0.526. The van der Waals surface area contributed by atoms with Crippen LogP contribution in [-0.4, -0.2) is 33.6 Å². The van der Waals surface area contributed by atoms with E-state index in [2.05, 4.69) is 16.1 Å². The average Bonchev–Trinajstić information content (AvgIpc) is 2.89. The lowest BCUT2D eigenvalue weighted by Crippen LogP contribution is -2.49. The number of hydrogen-bond donors (Lipinski definition) is 2. The molecule has 0 spiro atoms. The van der Waals surface area contributed by atoms with Crippen LogP contribution in [-0.2, 0) is 27.7 Å². The molecule has 35 heavy (non-hydrogen) atoms. The van der Waals surface area contributed by atoms with Gasteiger partial charge in [-0.15, -0.1) is 0 Å². The predicted octanol–water partition coefficient (Wildman–Crippen LogP) is 3.54. The summed E-state index contributed by atoms with van der Waals surface area (Å²) < 4.78 is 40.3. The van der Waals surface area contributed by atoms with Crippen molar-refractivity contribution in [2.45, 2.75) is 42.7 Å². The average molecular weight is 493 g/mol. The summed E-state index contributed by atoms with van der Waals surface area (Å²) in [6.07, 6.45) is 2.99. The third kappa shape index (κ3) is 5.33. The molecule has 3 aromatic rings. The maximum atomic E-state index is 13.5. The lowest BCUT2D eigenvalue weighted by Gasteiger charge is -2.28. The Morgan fingerprint density at radius 2 is 1.69 bits per heavy atom. The molecule has 0 fully saturated rings. The first-order chi connectivity index (χ1) is 17.0. The zero-order valence-electron chi connectivity index (χ0n) is 19.3. The monoisotopic (exact) mass is 492 g/mol. The molecule has 8 heteroatoms. The van der Waals surface area contributed by atoms with Crippen molar-refractivity contribution < 1.29 is 22.7 Å². The van der Waals surface area contributed by atoms with Crippen LogP contribution in [0, 0.1) is 0 Å². The van der Waals surface area contributed by atoms with E-state index in [1.54, 1.807) is 6.07 Å². The summed E-state index contributed by atoms with van der Waals surface area (Å²) in [6, 6.07) is 20.8. The number of sulfonamides is 1. The molecule has 182 valence electrons. The zero-order valence-corrected chi connectivity index (χ0v) is 20.1. The Bertz CT molecular complexity index is 1310. The fraction of sp³-hybridized carbons (Fsp3) is 0.296. The minimum absolute atomic E-state index is 0.0237. The topological polar surface area (TPSA) is 93.7 Å². The fourth-order valence-corrected chi connectivity index (χ4v) is 5.87. The molecule has 0 saturated carbocycles. The van der Waals surface area contributed by atoms with E-state index in [1.165, 1.54) is 17.7 Å². The number of carbonyl (C=O) groups is 1. The lowest BCUT2D eigenvalue weighted by molar-refractivity contribution is -0.123. The number of nitrogens with one attached hydrogen (secondary N) is 2. The molecule has 1 heterocycles. The van der Waals surface area contributed by atoms with Crippen LogP contribution in [0.3, 0.4) is 0 Å². The van der Waals surface area contributed by atoms with Gasteiger partial charge in [-0.1, -0.05) is 54.6 Å². The maximum absolute atomic E-state index is 13.5. The third-order valence-corrected chi connectivity index (χ3v) is 7.88. The number of carbonyl (C=O) groups excluding carboxylic acids is 1. The molecule has 0 saturated heterocycles. The van der Waals surface area contributed by atoms with Gasteiger partial charge in [-0.3, -0.25) is 4.79 Å². The molecule has 0 aromatic heterocycles. The molecule has 2 aliphatic rings. The van der Waals surface area contributed by atoms with Gasteiger partial charge in [0.1, 0.15) is 19.3 Å². The molecule has 0 bridgehead atoms.